The van der Waals surface area contributed by atoms with Crippen LogP contribution in [0.15, 0.2) is 35.5 Å². The molecular weight excluding hydrogens is 520 g/mol. The fourth-order valence-corrected chi connectivity index (χ4v) is 4.09. The van der Waals surface area contributed by atoms with Gasteiger partial charge in [0, 0.05) is 30.1 Å². The van der Waals surface area contributed by atoms with E-state index in [0.717, 1.165) is 10.9 Å². The molecule has 12 N–H and O–H groups in total. The average molecular weight is 561 g/mol. The second-order valence-electron chi connectivity index (χ2n) is 9.95. The minimum Gasteiger partial charge on any atom is -0.480 e. The van der Waals surface area contributed by atoms with Crippen molar-refractivity contribution in [2.24, 2.45) is 28.1 Å². The fraction of sp³-hybridized carbons (Fsp3) is 0.500. The molecule has 220 valence electrons. The lowest BCUT2D eigenvalue weighted by Crippen LogP contribution is -2.58. The number of hydrogen-bond donors (Lipinski definition) is 9. The number of benzene rings is 1. The Hall–Kier alpha value is -4.17. The summed E-state index contributed by atoms with van der Waals surface area (Å²) in [4.78, 5) is 57.7. The fourth-order valence-electron chi connectivity index (χ4n) is 4.09. The summed E-state index contributed by atoms with van der Waals surface area (Å²) in [6, 6.07) is 2.69. The molecule has 4 atom stereocenters. The highest BCUT2D eigenvalue weighted by atomic mass is 16.4. The van der Waals surface area contributed by atoms with Gasteiger partial charge in [0.05, 0.1) is 12.6 Å². The zero-order chi connectivity index (χ0) is 29.8. The van der Waals surface area contributed by atoms with E-state index < -0.39 is 54.5 Å². The largest absolute Gasteiger partial charge is 0.480 e. The van der Waals surface area contributed by atoms with Gasteiger partial charge in [-0.3, -0.25) is 19.4 Å². The number of H-pyrrole nitrogens is 1. The first-order chi connectivity index (χ1) is 18.9. The molecule has 0 fully saturated rings. The standard InChI is InChI=1S/C26H40N8O6/c1-14(2)10-19(32-22(36)17(27)7-5-9-30-26(28)29)23(37)33-20(24(38)34-21(13-35)25(39)40)11-15-12-31-18-8-4-3-6-16(15)18/h3-4,6,8,12,14,17,19-21,31,35H,5,7,9-11,13,27H2,1-2H3,(H,32,36)(H,33,37)(H,34,38)(H,39,40)(H4,28,29,30)/t17-,19-,20-,21-/m0/s1. The highest BCUT2D eigenvalue weighted by Gasteiger charge is 2.31. The van der Waals surface area contributed by atoms with Gasteiger partial charge >= 0.3 is 5.97 Å². The molecule has 1 heterocycles. The van der Waals surface area contributed by atoms with Crippen molar-refractivity contribution < 1.29 is 29.4 Å². The number of aromatic amines is 1. The van der Waals surface area contributed by atoms with Gasteiger partial charge in [0.2, 0.25) is 17.7 Å². The third-order valence-corrected chi connectivity index (χ3v) is 6.17. The lowest BCUT2D eigenvalue weighted by molar-refractivity contribution is -0.143. The molecule has 0 aliphatic carbocycles. The van der Waals surface area contributed by atoms with Crippen molar-refractivity contribution in [3.05, 3.63) is 36.0 Å². The number of hydrogen-bond acceptors (Lipinski definition) is 7. The summed E-state index contributed by atoms with van der Waals surface area (Å²) in [5.41, 5.74) is 18.1. The summed E-state index contributed by atoms with van der Waals surface area (Å²) in [6.07, 6.45) is 2.71. The van der Waals surface area contributed by atoms with Crippen LogP contribution in [0.25, 0.3) is 10.9 Å². The lowest BCUT2D eigenvalue weighted by atomic mass is 10.00. The van der Waals surface area contributed by atoms with E-state index in [1.54, 1.807) is 6.20 Å². The Morgan fingerprint density at radius 3 is 2.23 bits per heavy atom. The quantitative estimate of drug-likeness (QED) is 0.0669. The van der Waals surface area contributed by atoms with E-state index in [1.165, 1.54) is 0 Å². The van der Waals surface area contributed by atoms with Crippen LogP contribution in [0.4, 0.5) is 0 Å². The number of aliphatic imine (C=N–C) groups is 1. The molecule has 1 aromatic carbocycles. The minimum absolute atomic E-state index is 0.000754. The Bertz CT molecular complexity index is 1190. The molecule has 14 nitrogen and oxygen atoms in total. The number of fused-ring (bicyclic) bond motifs is 1. The number of nitrogens with zero attached hydrogens (tertiary/aromatic N) is 1. The molecule has 0 radical (unpaired) electrons. The third kappa shape index (κ3) is 9.85. The Kier molecular flexibility index (Phi) is 12.4. The molecular formula is C26H40N8O6. The molecule has 0 aliphatic rings. The van der Waals surface area contributed by atoms with Gasteiger partial charge in [0.25, 0.3) is 0 Å². The highest BCUT2D eigenvalue weighted by Crippen LogP contribution is 2.19. The monoisotopic (exact) mass is 560 g/mol. The molecule has 0 saturated heterocycles. The third-order valence-electron chi connectivity index (χ3n) is 6.17. The van der Waals surface area contributed by atoms with Gasteiger partial charge in [-0.2, -0.15) is 0 Å². The number of aliphatic carboxylic acids is 1. The van der Waals surface area contributed by atoms with Gasteiger partial charge < -0.3 is 48.3 Å². The van der Waals surface area contributed by atoms with Crippen molar-refractivity contribution in [2.75, 3.05) is 13.2 Å². The Morgan fingerprint density at radius 1 is 0.975 bits per heavy atom. The Morgan fingerprint density at radius 2 is 1.60 bits per heavy atom. The number of aromatic nitrogens is 1. The van der Waals surface area contributed by atoms with Crippen LogP contribution < -0.4 is 33.2 Å². The van der Waals surface area contributed by atoms with E-state index in [4.69, 9.17) is 17.2 Å². The van der Waals surface area contributed by atoms with Crippen LogP contribution in [0.1, 0.15) is 38.7 Å². The molecule has 2 aromatic rings. The first kappa shape index (κ1) is 32.0. The maximum absolute atomic E-state index is 13.4. The van der Waals surface area contributed by atoms with Crippen LogP contribution in [-0.2, 0) is 25.6 Å². The van der Waals surface area contributed by atoms with E-state index in [0.29, 0.717) is 18.5 Å². The van der Waals surface area contributed by atoms with E-state index >= 15 is 0 Å². The Labute approximate surface area is 232 Å². The van der Waals surface area contributed by atoms with Gasteiger partial charge in [-0.25, -0.2) is 4.79 Å². The van der Waals surface area contributed by atoms with Crippen molar-refractivity contribution in [3.8, 4) is 0 Å². The molecule has 0 unspecified atom stereocenters. The van der Waals surface area contributed by atoms with Crippen molar-refractivity contribution in [1.82, 2.24) is 20.9 Å². The number of nitrogens with two attached hydrogens (primary N) is 3. The normalized spacial score (nSPS) is 14.1. The van der Waals surface area contributed by atoms with E-state index in [-0.39, 0.29) is 31.1 Å². The summed E-state index contributed by atoms with van der Waals surface area (Å²) in [5.74, 6) is -3.47. The summed E-state index contributed by atoms with van der Waals surface area (Å²) in [7, 11) is 0. The average Bonchev–Trinajstić information content (AvgIpc) is 3.30. The molecule has 2 rings (SSSR count). The SMILES string of the molecule is CC(C)C[C@H](NC(=O)[C@@H](N)CCCN=C(N)N)C(=O)N[C@@H](Cc1c[nH]c2ccccc12)C(=O)N[C@@H](CO)C(=O)O. The smallest absolute Gasteiger partial charge is 0.328 e. The van der Waals surface area contributed by atoms with Gasteiger partial charge in [0.1, 0.15) is 18.1 Å². The van der Waals surface area contributed by atoms with Crippen molar-refractivity contribution in [2.45, 2.75) is 63.7 Å². The molecule has 0 saturated carbocycles. The van der Waals surface area contributed by atoms with Gasteiger partial charge in [0.15, 0.2) is 5.96 Å². The molecule has 14 heteroatoms. The molecule has 3 amide bonds. The number of carboxylic acid groups (broad SMARTS) is 1. The second kappa shape index (κ2) is 15.4. The summed E-state index contributed by atoms with van der Waals surface area (Å²) in [5, 5.41) is 27.1. The zero-order valence-electron chi connectivity index (χ0n) is 22.7. The van der Waals surface area contributed by atoms with Crippen LogP contribution in [0, 0.1) is 5.92 Å². The maximum atomic E-state index is 13.4. The number of carboxylic acids is 1. The molecule has 0 bridgehead atoms. The van der Waals surface area contributed by atoms with Crippen LogP contribution in [-0.4, -0.2) is 82.2 Å². The summed E-state index contributed by atoms with van der Waals surface area (Å²) in [6.45, 7) is 3.21. The maximum Gasteiger partial charge on any atom is 0.328 e. The van der Waals surface area contributed by atoms with Gasteiger partial charge in [-0.05, 0) is 36.8 Å². The zero-order valence-corrected chi connectivity index (χ0v) is 22.7. The number of para-hydroxylation sites is 1. The van der Waals surface area contributed by atoms with Crippen LogP contribution in [0.3, 0.4) is 0 Å². The first-order valence-corrected chi connectivity index (χ1v) is 13.0. The van der Waals surface area contributed by atoms with Crippen LogP contribution in [0.2, 0.25) is 0 Å². The number of carbonyl (C=O) groups is 4. The van der Waals surface area contributed by atoms with E-state index in [9.17, 15) is 29.4 Å². The number of carbonyl (C=O) groups excluding carboxylic acids is 3. The van der Waals surface area contributed by atoms with Crippen LogP contribution >= 0.6 is 0 Å². The molecule has 0 spiro atoms. The van der Waals surface area contributed by atoms with Crippen molar-refractivity contribution in [1.29, 1.82) is 0 Å². The molecule has 1 aromatic heterocycles. The Balaban J connectivity index is 2.22. The van der Waals surface area contributed by atoms with Gasteiger partial charge in [-0.15, -0.1) is 0 Å². The van der Waals surface area contributed by atoms with Crippen molar-refractivity contribution in [3.63, 3.8) is 0 Å². The van der Waals surface area contributed by atoms with E-state index in [2.05, 4.69) is 25.9 Å². The number of rotatable bonds is 16. The summed E-state index contributed by atoms with van der Waals surface area (Å²) < 4.78 is 0. The van der Waals surface area contributed by atoms with Crippen LogP contribution in [0.5, 0.6) is 0 Å². The number of nitrogens with one attached hydrogen (secondary N) is 4. The van der Waals surface area contributed by atoms with E-state index in [1.807, 2.05) is 38.1 Å². The number of guanidine groups is 1. The number of amides is 3. The van der Waals surface area contributed by atoms with Gasteiger partial charge in [-0.1, -0.05) is 32.0 Å². The predicted molar refractivity (Wildman–Crippen MR) is 150 cm³/mol. The first-order valence-electron chi connectivity index (χ1n) is 13.0. The van der Waals surface area contributed by atoms with Crippen molar-refractivity contribution >= 4 is 40.6 Å². The topological polar surface area (TPSA) is 251 Å². The number of aliphatic hydroxyl groups is 1. The molecule has 0 aliphatic heterocycles. The number of aliphatic hydroxyl groups excluding tert-OH is 1. The lowest BCUT2D eigenvalue weighted by Gasteiger charge is -2.26. The second-order valence-corrected chi connectivity index (χ2v) is 9.95. The predicted octanol–water partition coefficient (Wildman–Crippen LogP) is -1.33. The molecule has 40 heavy (non-hydrogen) atoms. The highest BCUT2D eigenvalue weighted by molar-refractivity contribution is 5.95. The summed E-state index contributed by atoms with van der Waals surface area (Å²) >= 11 is 0. The minimum atomic E-state index is -1.56.